The van der Waals surface area contributed by atoms with E-state index >= 15 is 0 Å². The molecule has 0 radical (unpaired) electrons. The van der Waals surface area contributed by atoms with Crippen molar-refractivity contribution in [1.82, 2.24) is 9.38 Å². The van der Waals surface area contributed by atoms with Gasteiger partial charge in [0.15, 0.2) is 15.0 Å². The molecule has 23 heavy (non-hydrogen) atoms. The Morgan fingerprint density at radius 1 is 1.17 bits per heavy atom. The first kappa shape index (κ1) is 15.6. The first-order chi connectivity index (χ1) is 11.1. The van der Waals surface area contributed by atoms with Crippen molar-refractivity contribution in [3.05, 3.63) is 60.4 Å². The van der Waals surface area contributed by atoms with Crippen LogP contribution in [0, 0.1) is 11.3 Å². The first-order valence-electron chi connectivity index (χ1n) is 6.88. The monoisotopic (exact) mass is 343 g/mol. The van der Waals surface area contributed by atoms with Crippen LogP contribution in [0.5, 0.6) is 0 Å². The summed E-state index contributed by atoms with van der Waals surface area (Å²) in [7, 11) is -3.36. The van der Waals surface area contributed by atoms with E-state index in [4.69, 9.17) is 5.26 Å². The second-order valence-corrected chi connectivity index (χ2v) is 8.01. The summed E-state index contributed by atoms with van der Waals surface area (Å²) < 4.78 is 26.5. The highest BCUT2D eigenvalue weighted by molar-refractivity contribution is 8.00. The van der Waals surface area contributed by atoms with Gasteiger partial charge in [-0.1, -0.05) is 17.8 Å². The van der Waals surface area contributed by atoms with Gasteiger partial charge >= 0.3 is 0 Å². The maximum Gasteiger partial charge on any atom is 0.179 e. The molecule has 2 aromatic heterocycles. The van der Waals surface area contributed by atoms with Gasteiger partial charge in [0.1, 0.15) is 0 Å². The third-order valence-corrected chi connectivity index (χ3v) is 6.29. The molecule has 3 aromatic rings. The molecule has 0 fully saturated rings. The van der Waals surface area contributed by atoms with Crippen LogP contribution in [-0.4, -0.2) is 29.3 Å². The highest BCUT2D eigenvalue weighted by atomic mass is 32.2. The van der Waals surface area contributed by atoms with E-state index in [0.29, 0.717) is 11.3 Å². The Morgan fingerprint density at radius 2 is 1.96 bits per heavy atom. The summed E-state index contributed by atoms with van der Waals surface area (Å²) in [6, 6.07) is 13.7. The van der Waals surface area contributed by atoms with Gasteiger partial charge in [-0.15, -0.1) is 0 Å². The van der Waals surface area contributed by atoms with E-state index in [-0.39, 0.29) is 10.6 Å². The number of thioether (sulfide) groups is 1. The van der Waals surface area contributed by atoms with Crippen molar-refractivity contribution < 1.29 is 8.42 Å². The fourth-order valence-electron chi connectivity index (χ4n) is 2.12. The molecule has 0 aliphatic rings. The van der Waals surface area contributed by atoms with E-state index in [0.717, 1.165) is 10.7 Å². The van der Waals surface area contributed by atoms with Crippen LogP contribution in [0.3, 0.4) is 0 Å². The van der Waals surface area contributed by atoms with Crippen molar-refractivity contribution in [1.29, 1.82) is 5.26 Å². The summed E-state index contributed by atoms with van der Waals surface area (Å²) in [6.45, 7) is 0. The summed E-state index contributed by atoms with van der Waals surface area (Å²) in [5, 5.41) is 9.53. The third-order valence-electron chi connectivity index (χ3n) is 3.33. The number of aromatic nitrogens is 2. The van der Waals surface area contributed by atoms with E-state index < -0.39 is 9.84 Å². The zero-order valence-corrected chi connectivity index (χ0v) is 13.7. The van der Waals surface area contributed by atoms with Crippen LogP contribution in [0.1, 0.15) is 5.56 Å². The van der Waals surface area contributed by atoms with E-state index in [1.165, 1.54) is 36.0 Å². The average Bonchev–Trinajstić information content (AvgIpc) is 2.98. The highest BCUT2D eigenvalue weighted by Gasteiger charge is 2.15. The molecule has 1 aromatic carbocycles. The number of benzene rings is 1. The van der Waals surface area contributed by atoms with Gasteiger partial charge in [-0.2, -0.15) is 5.26 Å². The largest absolute Gasteiger partial charge is 0.295 e. The number of rotatable bonds is 5. The second-order valence-electron chi connectivity index (χ2n) is 4.84. The Bertz CT molecular complexity index is 970. The van der Waals surface area contributed by atoms with Crippen LogP contribution in [0.15, 0.2) is 64.9 Å². The molecule has 0 saturated carbocycles. The fraction of sp³-hybridized carbons (Fsp3) is 0.125. The number of imidazole rings is 1. The topological polar surface area (TPSA) is 75.2 Å². The summed E-state index contributed by atoms with van der Waals surface area (Å²) >= 11 is 1.41. The molecule has 0 aliphatic carbocycles. The van der Waals surface area contributed by atoms with Crippen LogP contribution in [0.4, 0.5) is 0 Å². The number of pyridine rings is 1. The molecular formula is C16H13N3O2S2. The molecule has 116 valence electrons. The van der Waals surface area contributed by atoms with Gasteiger partial charge in [0, 0.05) is 11.9 Å². The Labute approximate surface area is 138 Å². The Morgan fingerprint density at radius 3 is 2.70 bits per heavy atom. The molecule has 0 N–H and O–H groups in total. The molecule has 0 saturated heterocycles. The van der Waals surface area contributed by atoms with Crippen LogP contribution in [0.25, 0.3) is 5.52 Å². The lowest BCUT2D eigenvalue weighted by molar-refractivity contribution is 0.597. The van der Waals surface area contributed by atoms with E-state index in [9.17, 15) is 8.42 Å². The average molecular weight is 343 g/mol. The fourth-order valence-corrected chi connectivity index (χ4v) is 4.74. The number of nitrogens with zero attached hydrogens (tertiary/aromatic N) is 3. The molecule has 0 unspecified atom stereocenters. The van der Waals surface area contributed by atoms with Gasteiger partial charge in [0.25, 0.3) is 0 Å². The molecular weight excluding hydrogens is 330 g/mol. The standard InChI is InChI=1S/C16H13N3O2S2/c17-11-13-4-6-15(7-5-13)23(20,21)10-9-22-16-18-12-14-3-1-2-8-19(14)16/h1-8,12H,9-10H2. The van der Waals surface area contributed by atoms with Gasteiger partial charge in [0.2, 0.25) is 0 Å². The number of hydrogen-bond acceptors (Lipinski definition) is 5. The van der Waals surface area contributed by atoms with Crippen molar-refractivity contribution in [2.45, 2.75) is 10.1 Å². The minimum atomic E-state index is -3.36. The molecule has 7 heteroatoms. The number of sulfone groups is 1. The maximum atomic E-state index is 12.3. The summed E-state index contributed by atoms with van der Waals surface area (Å²) in [5.41, 5.74) is 1.42. The Kier molecular flexibility index (Phi) is 4.37. The zero-order valence-electron chi connectivity index (χ0n) is 12.1. The predicted molar refractivity (Wildman–Crippen MR) is 89.1 cm³/mol. The molecule has 0 amide bonds. The normalized spacial score (nSPS) is 11.4. The number of fused-ring (bicyclic) bond motifs is 1. The predicted octanol–water partition coefficient (Wildman–Crippen LogP) is 2.77. The van der Waals surface area contributed by atoms with Crippen LogP contribution in [-0.2, 0) is 9.84 Å². The maximum absolute atomic E-state index is 12.3. The minimum Gasteiger partial charge on any atom is -0.295 e. The van der Waals surface area contributed by atoms with Gasteiger partial charge < -0.3 is 0 Å². The second kappa shape index (κ2) is 6.44. The quantitative estimate of drug-likeness (QED) is 0.666. The van der Waals surface area contributed by atoms with E-state index in [2.05, 4.69) is 4.98 Å². The summed E-state index contributed by atoms with van der Waals surface area (Å²) in [4.78, 5) is 4.55. The van der Waals surface area contributed by atoms with Crippen molar-refractivity contribution in [2.75, 3.05) is 11.5 Å². The highest BCUT2D eigenvalue weighted by Crippen LogP contribution is 2.20. The SMILES string of the molecule is N#Cc1ccc(S(=O)(=O)CCSc2ncc3ccccn23)cc1. The van der Waals surface area contributed by atoms with Gasteiger partial charge in [-0.05, 0) is 36.4 Å². The summed E-state index contributed by atoms with van der Waals surface area (Å²) in [6.07, 6.45) is 3.66. The van der Waals surface area contributed by atoms with Gasteiger partial charge in [-0.25, -0.2) is 13.4 Å². The molecule has 0 atom stereocenters. The summed E-state index contributed by atoms with van der Waals surface area (Å²) in [5.74, 6) is 0.432. The number of nitriles is 1. The van der Waals surface area contributed by atoms with Crippen LogP contribution in [0.2, 0.25) is 0 Å². The van der Waals surface area contributed by atoms with E-state index in [1.54, 1.807) is 6.20 Å². The lowest BCUT2D eigenvalue weighted by atomic mass is 10.2. The smallest absolute Gasteiger partial charge is 0.179 e. The van der Waals surface area contributed by atoms with Crippen LogP contribution >= 0.6 is 11.8 Å². The van der Waals surface area contributed by atoms with Crippen molar-refractivity contribution >= 4 is 27.1 Å². The first-order valence-corrected chi connectivity index (χ1v) is 9.52. The van der Waals surface area contributed by atoms with Crippen molar-refractivity contribution in [3.8, 4) is 6.07 Å². The lowest BCUT2D eigenvalue weighted by Gasteiger charge is -2.04. The minimum absolute atomic E-state index is 0.0192. The molecule has 2 heterocycles. The Balaban J connectivity index is 1.68. The van der Waals surface area contributed by atoms with Crippen molar-refractivity contribution in [3.63, 3.8) is 0 Å². The Hall–Kier alpha value is -2.30. The van der Waals surface area contributed by atoms with Gasteiger partial charge in [-0.3, -0.25) is 4.40 Å². The molecule has 0 bridgehead atoms. The third kappa shape index (κ3) is 3.38. The lowest BCUT2D eigenvalue weighted by Crippen LogP contribution is -2.09. The van der Waals surface area contributed by atoms with Gasteiger partial charge in [0.05, 0.1) is 34.0 Å². The number of hydrogen-bond donors (Lipinski definition) is 0. The zero-order chi connectivity index (χ0) is 16.3. The molecule has 3 rings (SSSR count). The van der Waals surface area contributed by atoms with Crippen molar-refractivity contribution in [2.24, 2.45) is 0 Å². The van der Waals surface area contributed by atoms with E-state index in [1.807, 2.05) is 34.9 Å². The molecule has 5 nitrogen and oxygen atoms in total. The molecule has 0 aliphatic heterocycles. The van der Waals surface area contributed by atoms with Crippen LogP contribution < -0.4 is 0 Å². The molecule has 0 spiro atoms.